The van der Waals surface area contributed by atoms with Crippen molar-refractivity contribution >= 4 is 26.9 Å². The topological polar surface area (TPSA) is 30.2 Å². The SMILES string of the molecule is Cc1ccc(-c2cc(=O)oc3cc(Br)ccc23)cc1. The smallest absolute Gasteiger partial charge is 0.336 e. The van der Waals surface area contributed by atoms with Gasteiger partial charge in [0.25, 0.3) is 0 Å². The van der Waals surface area contributed by atoms with Crippen LogP contribution >= 0.6 is 15.9 Å². The van der Waals surface area contributed by atoms with Gasteiger partial charge in [-0.3, -0.25) is 0 Å². The van der Waals surface area contributed by atoms with Crippen LogP contribution in [-0.4, -0.2) is 0 Å². The summed E-state index contributed by atoms with van der Waals surface area (Å²) in [4.78, 5) is 11.7. The minimum atomic E-state index is -0.332. The maximum absolute atomic E-state index is 11.7. The van der Waals surface area contributed by atoms with E-state index in [4.69, 9.17) is 4.42 Å². The lowest BCUT2D eigenvalue weighted by Gasteiger charge is -2.06. The van der Waals surface area contributed by atoms with E-state index >= 15 is 0 Å². The molecule has 0 unspecified atom stereocenters. The van der Waals surface area contributed by atoms with Gasteiger partial charge >= 0.3 is 5.63 Å². The van der Waals surface area contributed by atoms with E-state index in [0.717, 1.165) is 21.0 Å². The molecule has 19 heavy (non-hydrogen) atoms. The number of rotatable bonds is 1. The fourth-order valence-corrected chi connectivity index (χ4v) is 2.45. The molecule has 0 saturated heterocycles. The molecule has 1 aromatic heterocycles. The van der Waals surface area contributed by atoms with Gasteiger partial charge in [-0.25, -0.2) is 4.79 Å². The van der Waals surface area contributed by atoms with Gasteiger partial charge in [0.05, 0.1) is 0 Å². The molecular formula is C16H11BrO2. The predicted octanol–water partition coefficient (Wildman–Crippen LogP) is 4.53. The van der Waals surface area contributed by atoms with Crippen LogP contribution in [0.4, 0.5) is 0 Å². The molecular weight excluding hydrogens is 304 g/mol. The van der Waals surface area contributed by atoms with Crippen molar-refractivity contribution in [3.05, 3.63) is 69.0 Å². The monoisotopic (exact) mass is 314 g/mol. The van der Waals surface area contributed by atoms with Crippen LogP contribution in [0.25, 0.3) is 22.1 Å². The Morgan fingerprint density at radius 1 is 1.00 bits per heavy atom. The van der Waals surface area contributed by atoms with E-state index in [9.17, 15) is 4.79 Å². The lowest BCUT2D eigenvalue weighted by atomic mass is 10.0. The zero-order valence-corrected chi connectivity index (χ0v) is 11.9. The number of aryl methyl sites for hydroxylation is 1. The minimum absolute atomic E-state index is 0.332. The van der Waals surface area contributed by atoms with Crippen LogP contribution < -0.4 is 5.63 Å². The molecule has 0 aliphatic rings. The lowest BCUT2D eigenvalue weighted by molar-refractivity contribution is 0.561. The number of benzene rings is 2. The summed E-state index contributed by atoms with van der Waals surface area (Å²) in [5.41, 5.74) is 3.38. The van der Waals surface area contributed by atoms with Crippen molar-refractivity contribution in [1.29, 1.82) is 0 Å². The first-order valence-electron chi connectivity index (χ1n) is 5.94. The molecule has 0 saturated carbocycles. The van der Waals surface area contributed by atoms with Crippen molar-refractivity contribution in [3.8, 4) is 11.1 Å². The standard InChI is InChI=1S/C16H11BrO2/c1-10-2-4-11(5-3-10)14-9-16(18)19-15-8-12(17)6-7-13(14)15/h2-9H,1H3. The van der Waals surface area contributed by atoms with E-state index in [-0.39, 0.29) is 5.63 Å². The Bertz CT molecular complexity index is 801. The maximum atomic E-state index is 11.7. The van der Waals surface area contributed by atoms with Gasteiger partial charge in [0.1, 0.15) is 5.58 Å². The van der Waals surface area contributed by atoms with Gasteiger partial charge in [-0.1, -0.05) is 45.8 Å². The molecule has 0 atom stereocenters. The van der Waals surface area contributed by atoms with Crippen molar-refractivity contribution in [2.75, 3.05) is 0 Å². The van der Waals surface area contributed by atoms with Crippen LogP contribution in [0.3, 0.4) is 0 Å². The Hall–Kier alpha value is -1.87. The third kappa shape index (κ3) is 2.34. The van der Waals surface area contributed by atoms with Crippen LogP contribution in [0, 0.1) is 6.92 Å². The Morgan fingerprint density at radius 3 is 2.47 bits per heavy atom. The van der Waals surface area contributed by atoms with Crippen LogP contribution in [-0.2, 0) is 0 Å². The highest BCUT2D eigenvalue weighted by Gasteiger charge is 2.07. The number of hydrogen-bond donors (Lipinski definition) is 0. The summed E-state index contributed by atoms with van der Waals surface area (Å²) in [6.45, 7) is 2.04. The summed E-state index contributed by atoms with van der Waals surface area (Å²) < 4.78 is 6.14. The van der Waals surface area contributed by atoms with Crippen molar-refractivity contribution in [3.63, 3.8) is 0 Å². The molecule has 2 nitrogen and oxygen atoms in total. The van der Waals surface area contributed by atoms with Gasteiger partial charge in [0.15, 0.2) is 0 Å². The van der Waals surface area contributed by atoms with Gasteiger partial charge < -0.3 is 4.42 Å². The van der Waals surface area contributed by atoms with Gasteiger partial charge in [0.2, 0.25) is 0 Å². The zero-order valence-electron chi connectivity index (χ0n) is 10.3. The van der Waals surface area contributed by atoms with Gasteiger partial charge in [-0.2, -0.15) is 0 Å². The van der Waals surface area contributed by atoms with Crippen molar-refractivity contribution in [1.82, 2.24) is 0 Å². The average molecular weight is 315 g/mol. The minimum Gasteiger partial charge on any atom is -0.423 e. The third-order valence-corrected chi connectivity index (χ3v) is 3.56. The summed E-state index contributed by atoms with van der Waals surface area (Å²) >= 11 is 3.39. The highest BCUT2D eigenvalue weighted by atomic mass is 79.9. The first-order chi connectivity index (χ1) is 9.13. The van der Waals surface area contributed by atoms with Crippen LogP contribution in [0.5, 0.6) is 0 Å². The summed E-state index contributed by atoms with van der Waals surface area (Å²) in [6.07, 6.45) is 0. The molecule has 0 radical (unpaired) electrons. The van der Waals surface area contributed by atoms with E-state index in [1.165, 1.54) is 5.56 Å². The molecule has 0 aliphatic heterocycles. The average Bonchev–Trinajstić information content (AvgIpc) is 2.38. The number of halogens is 1. The van der Waals surface area contributed by atoms with Gasteiger partial charge in [0, 0.05) is 15.9 Å². The van der Waals surface area contributed by atoms with Crippen molar-refractivity contribution < 1.29 is 4.42 Å². The Labute approximate surface area is 118 Å². The van der Waals surface area contributed by atoms with Crippen molar-refractivity contribution in [2.45, 2.75) is 6.92 Å². The fraction of sp³-hybridized carbons (Fsp3) is 0.0625. The Balaban J connectivity index is 2.34. The van der Waals surface area contributed by atoms with E-state index in [2.05, 4.69) is 15.9 Å². The summed E-state index contributed by atoms with van der Waals surface area (Å²) in [7, 11) is 0. The molecule has 0 N–H and O–H groups in total. The highest BCUT2D eigenvalue weighted by Crippen LogP contribution is 2.29. The summed E-state index contributed by atoms with van der Waals surface area (Å²) in [5, 5.41) is 0.937. The second-order valence-corrected chi connectivity index (χ2v) is 5.40. The molecule has 2 aromatic carbocycles. The van der Waals surface area contributed by atoms with Gasteiger partial charge in [-0.15, -0.1) is 0 Å². The van der Waals surface area contributed by atoms with E-state index < -0.39 is 0 Å². The van der Waals surface area contributed by atoms with E-state index in [0.29, 0.717) is 5.58 Å². The molecule has 3 heteroatoms. The molecule has 94 valence electrons. The quantitative estimate of drug-likeness (QED) is 0.618. The van der Waals surface area contributed by atoms with E-state index in [1.54, 1.807) is 6.07 Å². The molecule has 3 rings (SSSR count). The normalized spacial score (nSPS) is 10.8. The Morgan fingerprint density at radius 2 is 1.74 bits per heavy atom. The zero-order chi connectivity index (χ0) is 13.4. The fourth-order valence-electron chi connectivity index (χ4n) is 2.11. The molecule has 0 bridgehead atoms. The summed E-state index contributed by atoms with van der Waals surface area (Å²) in [5.74, 6) is 0. The van der Waals surface area contributed by atoms with Crippen LogP contribution in [0.1, 0.15) is 5.56 Å². The lowest BCUT2D eigenvalue weighted by Crippen LogP contribution is -1.98. The number of hydrogen-bond acceptors (Lipinski definition) is 2. The molecule has 0 amide bonds. The second-order valence-electron chi connectivity index (χ2n) is 4.49. The molecule has 1 heterocycles. The van der Waals surface area contributed by atoms with Crippen molar-refractivity contribution in [2.24, 2.45) is 0 Å². The van der Waals surface area contributed by atoms with Gasteiger partial charge in [-0.05, 0) is 36.2 Å². The summed E-state index contributed by atoms with van der Waals surface area (Å²) in [6, 6.07) is 15.4. The van der Waals surface area contributed by atoms with Crippen LogP contribution in [0.2, 0.25) is 0 Å². The third-order valence-electron chi connectivity index (χ3n) is 3.07. The molecule has 3 aromatic rings. The largest absolute Gasteiger partial charge is 0.423 e. The highest BCUT2D eigenvalue weighted by molar-refractivity contribution is 9.10. The first-order valence-corrected chi connectivity index (χ1v) is 6.73. The van der Waals surface area contributed by atoms with Crippen LogP contribution in [0.15, 0.2) is 62.2 Å². The molecule has 0 aliphatic carbocycles. The molecule has 0 spiro atoms. The second kappa shape index (κ2) is 4.67. The molecule has 0 fully saturated rings. The Kier molecular flexibility index (Phi) is 2.99. The first kappa shape index (κ1) is 12.2. The predicted molar refractivity (Wildman–Crippen MR) is 80.4 cm³/mol. The maximum Gasteiger partial charge on any atom is 0.336 e. The number of fused-ring (bicyclic) bond motifs is 1. The van der Waals surface area contributed by atoms with E-state index in [1.807, 2.05) is 49.4 Å².